The first kappa shape index (κ1) is 13.1. The highest BCUT2D eigenvalue weighted by atomic mass is 79.9. The van der Waals surface area contributed by atoms with Crippen LogP contribution in [0.4, 0.5) is 0 Å². The summed E-state index contributed by atoms with van der Waals surface area (Å²) in [5, 5.41) is 0. The normalized spacial score (nSPS) is 21.9. The van der Waals surface area contributed by atoms with E-state index in [1.165, 1.54) is 5.56 Å². The summed E-state index contributed by atoms with van der Waals surface area (Å²) in [6.45, 7) is 10.3. The van der Waals surface area contributed by atoms with Crippen LogP contribution in [0.25, 0.3) is 0 Å². The van der Waals surface area contributed by atoms with Gasteiger partial charge in [0.25, 0.3) is 0 Å². The monoisotopic (exact) mass is 296 g/mol. The van der Waals surface area contributed by atoms with Gasteiger partial charge in [-0.3, -0.25) is 0 Å². The molecule has 0 aliphatic carbocycles. The van der Waals surface area contributed by atoms with Crippen molar-refractivity contribution in [3.63, 3.8) is 0 Å². The lowest BCUT2D eigenvalue weighted by Gasteiger charge is -2.32. The van der Waals surface area contributed by atoms with Crippen molar-refractivity contribution >= 4 is 28.5 Å². The summed E-state index contributed by atoms with van der Waals surface area (Å²) in [6, 6.07) is 6.21. The van der Waals surface area contributed by atoms with E-state index in [1.54, 1.807) is 0 Å². The third kappa shape index (κ3) is 2.31. The summed E-state index contributed by atoms with van der Waals surface area (Å²) in [4.78, 5) is 0. The van der Waals surface area contributed by atoms with Crippen LogP contribution in [-0.4, -0.2) is 18.3 Å². The lowest BCUT2D eigenvalue weighted by Crippen LogP contribution is -2.41. The van der Waals surface area contributed by atoms with Gasteiger partial charge in [0, 0.05) is 4.47 Å². The Morgan fingerprint density at radius 3 is 2.12 bits per heavy atom. The standard InChI is InChI=1S/C13H18BBrO2/c1-9-6-7-11(15)10(8-9)14-16-12(2,3)13(4,5)17-14/h6-8H,1-5H3. The molecular weight excluding hydrogens is 279 g/mol. The summed E-state index contributed by atoms with van der Waals surface area (Å²) in [6.07, 6.45) is 0. The molecule has 1 aliphatic rings. The van der Waals surface area contributed by atoms with Crippen LogP contribution in [0.15, 0.2) is 22.7 Å². The number of halogens is 1. The van der Waals surface area contributed by atoms with E-state index in [-0.39, 0.29) is 18.3 Å². The zero-order chi connectivity index (χ0) is 12.8. The molecule has 1 heterocycles. The second kappa shape index (κ2) is 4.11. The molecule has 2 rings (SSSR count). The van der Waals surface area contributed by atoms with Crippen LogP contribution in [-0.2, 0) is 9.31 Å². The summed E-state index contributed by atoms with van der Waals surface area (Å²) in [5.41, 5.74) is 1.68. The van der Waals surface area contributed by atoms with Gasteiger partial charge < -0.3 is 9.31 Å². The van der Waals surface area contributed by atoms with Crippen molar-refractivity contribution in [1.29, 1.82) is 0 Å². The van der Waals surface area contributed by atoms with Crippen LogP contribution in [0.3, 0.4) is 0 Å². The number of benzene rings is 1. The minimum absolute atomic E-state index is 0.291. The van der Waals surface area contributed by atoms with E-state index in [0.29, 0.717) is 0 Å². The largest absolute Gasteiger partial charge is 0.496 e. The Hall–Kier alpha value is -0.315. The van der Waals surface area contributed by atoms with Gasteiger partial charge in [-0.2, -0.15) is 0 Å². The minimum atomic E-state index is -0.297. The van der Waals surface area contributed by atoms with Gasteiger partial charge in [-0.25, -0.2) is 0 Å². The highest BCUT2D eigenvalue weighted by Crippen LogP contribution is 2.37. The van der Waals surface area contributed by atoms with Crippen molar-refractivity contribution < 1.29 is 9.31 Å². The number of hydrogen-bond acceptors (Lipinski definition) is 2. The molecule has 92 valence electrons. The van der Waals surface area contributed by atoms with Crippen molar-refractivity contribution in [2.24, 2.45) is 0 Å². The first-order valence-electron chi connectivity index (χ1n) is 5.85. The van der Waals surface area contributed by atoms with Crippen molar-refractivity contribution in [3.05, 3.63) is 28.2 Å². The SMILES string of the molecule is Cc1ccc(Br)c(B2OC(C)(C)C(C)(C)O2)c1. The molecule has 0 unspecified atom stereocenters. The zero-order valence-electron chi connectivity index (χ0n) is 11.0. The Morgan fingerprint density at radius 1 is 1.06 bits per heavy atom. The Labute approximate surface area is 112 Å². The maximum absolute atomic E-state index is 6.03. The maximum Gasteiger partial charge on any atom is 0.496 e. The fourth-order valence-electron chi connectivity index (χ4n) is 1.81. The van der Waals surface area contributed by atoms with Gasteiger partial charge >= 0.3 is 7.12 Å². The molecule has 0 bridgehead atoms. The number of aryl methyl sites for hydroxylation is 1. The molecule has 1 aromatic rings. The minimum Gasteiger partial charge on any atom is -0.399 e. The van der Waals surface area contributed by atoms with Gasteiger partial charge in [0.1, 0.15) is 0 Å². The quantitative estimate of drug-likeness (QED) is 0.742. The van der Waals surface area contributed by atoms with Crippen LogP contribution in [0, 0.1) is 6.92 Å². The number of hydrogen-bond donors (Lipinski definition) is 0. The Morgan fingerprint density at radius 2 is 1.59 bits per heavy atom. The molecular formula is C13H18BBrO2. The van der Waals surface area contributed by atoms with E-state index >= 15 is 0 Å². The lowest BCUT2D eigenvalue weighted by atomic mass is 9.78. The summed E-state index contributed by atoms with van der Waals surface area (Å²) < 4.78 is 13.1. The van der Waals surface area contributed by atoms with Crippen molar-refractivity contribution in [1.82, 2.24) is 0 Å². The molecule has 0 N–H and O–H groups in total. The Balaban J connectivity index is 2.35. The third-order valence-corrected chi connectivity index (χ3v) is 4.38. The molecule has 0 aromatic heterocycles. The first-order chi connectivity index (χ1) is 7.73. The van der Waals surface area contributed by atoms with Gasteiger partial charge in [-0.15, -0.1) is 0 Å². The zero-order valence-corrected chi connectivity index (χ0v) is 12.6. The van der Waals surface area contributed by atoms with E-state index in [2.05, 4.69) is 62.7 Å². The molecule has 1 aliphatic heterocycles. The van der Waals surface area contributed by atoms with Crippen molar-refractivity contribution in [3.8, 4) is 0 Å². The molecule has 0 saturated carbocycles. The van der Waals surface area contributed by atoms with Gasteiger partial charge in [0.2, 0.25) is 0 Å². The molecule has 0 atom stereocenters. The van der Waals surface area contributed by atoms with E-state index in [4.69, 9.17) is 9.31 Å². The van der Waals surface area contributed by atoms with Gasteiger partial charge in [-0.1, -0.05) is 33.6 Å². The highest BCUT2D eigenvalue weighted by molar-refractivity contribution is 9.10. The van der Waals surface area contributed by atoms with Gasteiger partial charge in [0.15, 0.2) is 0 Å². The van der Waals surface area contributed by atoms with E-state index in [0.717, 1.165) is 9.94 Å². The van der Waals surface area contributed by atoms with Crippen LogP contribution in [0.5, 0.6) is 0 Å². The average Bonchev–Trinajstić information content (AvgIpc) is 2.40. The average molecular weight is 297 g/mol. The summed E-state index contributed by atoms with van der Waals surface area (Å²) in [7, 11) is -0.297. The molecule has 4 heteroatoms. The highest BCUT2D eigenvalue weighted by Gasteiger charge is 2.52. The molecule has 17 heavy (non-hydrogen) atoms. The van der Waals surface area contributed by atoms with Gasteiger partial charge in [0.05, 0.1) is 11.2 Å². The summed E-state index contributed by atoms with van der Waals surface area (Å²) >= 11 is 3.56. The first-order valence-corrected chi connectivity index (χ1v) is 6.64. The Bertz CT molecular complexity index is 427. The van der Waals surface area contributed by atoms with Crippen molar-refractivity contribution in [2.75, 3.05) is 0 Å². The van der Waals surface area contributed by atoms with E-state index in [9.17, 15) is 0 Å². The second-order valence-electron chi connectivity index (χ2n) is 5.61. The smallest absolute Gasteiger partial charge is 0.399 e. The molecule has 2 nitrogen and oxygen atoms in total. The molecule has 0 spiro atoms. The maximum atomic E-state index is 6.03. The van der Waals surface area contributed by atoms with Crippen LogP contribution in [0.2, 0.25) is 0 Å². The van der Waals surface area contributed by atoms with Gasteiger partial charge in [-0.05, 0) is 46.1 Å². The number of rotatable bonds is 1. The van der Waals surface area contributed by atoms with Crippen molar-refractivity contribution in [2.45, 2.75) is 45.8 Å². The lowest BCUT2D eigenvalue weighted by molar-refractivity contribution is 0.00578. The topological polar surface area (TPSA) is 18.5 Å². The molecule has 0 amide bonds. The van der Waals surface area contributed by atoms with E-state index < -0.39 is 0 Å². The molecule has 1 saturated heterocycles. The molecule has 1 fully saturated rings. The second-order valence-corrected chi connectivity index (χ2v) is 6.47. The van der Waals surface area contributed by atoms with Crippen LogP contribution >= 0.6 is 15.9 Å². The Kier molecular flexibility index (Phi) is 3.17. The summed E-state index contributed by atoms with van der Waals surface area (Å²) in [5.74, 6) is 0. The fourth-order valence-corrected chi connectivity index (χ4v) is 2.25. The predicted molar refractivity (Wildman–Crippen MR) is 74.6 cm³/mol. The molecule has 0 radical (unpaired) electrons. The van der Waals surface area contributed by atoms with E-state index in [1.807, 2.05) is 6.07 Å². The molecule has 1 aromatic carbocycles. The van der Waals surface area contributed by atoms with Crippen LogP contribution < -0.4 is 5.46 Å². The van der Waals surface area contributed by atoms with Crippen LogP contribution in [0.1, 0.15) is 33.3 Å². The fraction of sp³-hybridized carbons (Fsp3) is 0.538. The third-order valence-electron chi connectivity index (χ3n) is 3.66. The predicted octanol–water partition coefficient (Wildman–Crippen LogP) is 3.06.